The van der Waals surface area contributed by atoms with Crippen molar-refractivity contribution in [3.05, 3.63) is 69.6 Å². The van der Waals surface area contributed by atoms with Crippen LogP contribution >= 0.6 is 11.3 Å². The Morgan fingerprint density at radius 1 is 1.29 bits per heavy atom. The monoisotopic (exact) mass is 341 g/mol. The molecule has 3 rings (SSSR count). The number of aromatic amines is 1. The van der Waals surface area contributed by atoms with E-state index in [0.717, 1.165) is 10.4 Å². The molecule has 0 fully saturated rings. The van der Waals surface area contributed by atoms with Gasteiger partial charge < -0.3 is 15.0 Å². The number of methoxy groups -OCH3 is 1. The number of rotatable bonds is 5. The van der Waals surface area contributed by atoms with Gasteiger partial charge in [-0.3, -0.25) is 4.79 Å². The maximum Gasteiger partial charge on any atom is 0.346 e. The van der Waals surface area contributed by atoms with Crippen molar-refractivity contribution in [2.24, 2.45) is 0 Å². The highest BCUT2D eigenvalue weighted by molar-refractivity contribution is 7.13. The summed E-state index contributed by atoms with van der Waals surface area (Å²) in [5.41, 5.74) is 0.949. The van der Waals surface area contributed by atoms with E-state index in [-0.39, 0.29) is 12.2 Å². The zero-order chi connectivity index (χ0) is 16.9. The smallest absolute Gasteiger partial charge is 0.346 e. The summed E-state index contributed by atoms with van der Waals surface area (Å²) in [6.07, 6.45) is 0. The summed E-state index contributed by atoms with van der Waals surface area (Å²) >= 11 is 1.47. The molecule has 0 aliphatic carbocycles. The van der Waals surface area contributed by atoms with Gasteiger partial charge in [0.15, 0.2) is 0 Å². The van der Waals surface area contributed by atoms with Crippen LogP contribution in [0.2, 0.25) is 0 Å². The molecule has 0 atom stereocenters. The van der Waals surface area contributed by atoms with Crippen LogP contribution < -0.4 is 15.7 Å². The van der Waals surface area contributed by atoms with Gasteiger partial charge in [-0.15, -0.1) is 11.3 Å². The first-order valence-corrected chi connectivity index (χ1v) is 8.10. The summed E-state index contributed by atoms with van der Waals surface area (Å²) in [4.78, 5) is 31.3. The minimum Gasteiger partial charge on any atom is -0.496 e. The summed E-state index contributed by atoms with van der Waals surface area (Å²) < 4.78 is 5.25. The van der Waals surface area contributed by atoms with Gasteiger partial charge in [0.05, 0.1) is 17.7 Å². The van der Waals surface area contributed by atoms with Crippen molar-refractivity contribution < 1.29 is 9.53 Å². The molecule has 0 saturated carbocycles. The average Bonchev–Trinajstić information content (AvgIpc) is 3.14. The molecular formula is C17H15N3O3S. The molecule has 1 amide bonds. The largest absolute Gasteiger partial charge is 0.496 e. The Kier molecular flexibility index (Phi) is 4.72. The van der Waals surface area contributed by atoms with Gasteiger partial charge in [-0.1, -0.05) is 24.3 Å². The first-order valence-electron chi connectivity index (χ1n) is 7.22. The predicted molar refractivity (Wildman–Crippen MR) is 92.3 cm³/mol. The number of hydrogen-bond acceptors (Lipinski definition) is 5. The van der Waals surface area contributed by atoms with E-state index in [1.165, 1.54) is 11.3 Å². The molecule has 0 saturated heterocycles. The van der Waals surface area contributed by atoms with Crippen LogP contribution in [0.5, 0.6) is 5.75 Å². The number of thiophene rings is 1. The van der Waals surface area contributed by atoms with Crippen molar-refractivity contribution in [3.8, 4) is 16.3 Å². The summed E-state index contributed by atoms with van der Waals surface area (Å²) in [5.74, 6) is 0.278. The SMILES string of the molecule is COc1ccccc1CNC(=O)c1cc(-c2cccs2)[nH]c(=O)n1. The van der Waals surface area contributed by atoms with Gasteiger partial charge in [-0.05, 0) is 23.6 Å². The Morgan fingerprint density at radius 2 is 2.12 bits per heavy atom. The number of aromatic nitrogens is 2. The summed E-state index contributed by atoms with van der Waals surface area (Å²) in [6.45, 7) is 0.283. The zero-order valence-electron chi connectivity index (χ0n) is 12.9. The van der Waals surface area contributed by atoms with Crippen LogP contribution in [0.1, 0.15) is 16.1 Å². The molecule has 2 N–H and O–H groups in total. The minimum absolute atomic E-state index is 0.0806. The Hall–Kier alpha value is -2.93. The second-order valence-corrected chi connectivity index (χ2v) is 5.90. The van der Waals surface area contributed by atoms with Crippen molar-refractivity contribution in [1.82, 2.24) is 15.3 Å². The van der Waals surface area contributed by atoms with Crippen LogP contribution in [0.15, 0.2) is 52.6 Å². The van der Waals surface area contributed by atoms with Gasteiger partial charge in [-0.2, -0.15) is 4.98 Å². The third kappa shape index (κ3) is 3.52. The van der Waals surface area contributed by atoms with E-state index in [2.05, 4.69) is 15.3 Å². The van der Waals surface area contributed by atoms with Crippen molar-refractivity contribution in [2.75, 3.05) is 7.11 Å². The van der Waals surface area contributed by atoms with E-state index >= 15 is 0 Å². The average molecular weight is 341 g/mol. The van der Waals surface area contributed by atoms with Gasteiger partial charge in [0.2, 0.25) is 0 Å². The second-order valence-electron chi connectivity index (χ2n) is 4.96. The standard InChI is InChI=1S/C17H15N3O3S/c1-23-14-6-3-2-5-11(14)10-18-16(21)13-9-12(19-17(22)20-13)15-7-4-8-24-15/h2-9H,10H2,1H3,(H,18,21)(H,19,20,22). The van der Waals surface area contributed by atoms with E-state index in [9.17, 15) is 9.59 Å². The lowest BCUT2D eigenvalue weighted by Gasteiger charge is -2.09. The topological polar surface area (TPSA) is 84.1 Å². The maximum atomic E-state index is 12.3. The molecule has 0 aliphatic heterocycles. The molecule has 0 unspecified atom stereocenters. The maximum absolute atomic E-state index is 12.3. The highest BCUT2D eigenvalue weighted by Gasteiger charge is 2.12. The molecule has 24 heavy (non-hydrogen) atoms. The van der Waals surface area contributed by atoms with E-state index in [0.29, 0.717) is 11.4 Å². The molecule has 7 heteroatoms. The molecule has 122 valence electrons. The predicted octanol–water partition coefficient (Wildman–Crippen LogP) is 2.44. The van der Waals surface area contributed by atoms with Gasteiger partial charge in [-0.25, -0.2) is 4.79 Å². The fourth-order valence-corrected chi connectivity index (χ4v) is 2.95. The summed E-state index contributed by atoms with van der Waals surface area (Å²) in [5, 5.41) is 4.66. The zero-order valence-corrected chi connectivity index (χ0v) is 13.7. The lowest BCUT2D eigenvalue weighted by atomic mass is 10.2. The number of nitrogens with one attached hydrogen (secondary N) is 2. The molecule has 0 radical (unpaired) electrons. The molecule has 0 bridgehead atoms. The van der Waals surface area contributed by atoms with Gasteiger partial charge in [0.25, 0.3) is 5.91 Å². The molecule has 2 heterocycles. The number of H-pyrrole nitrogens is 1. The van der Waals surface area contributed by atoms with Crippen LogP contribution in [-0.4, -0.2) is 23.0 Å². The van der Waals surface area contributed by atoms with Crippen LogP contribution in [0.3, 0.4) is 0 Å². The van der Waals surface area contributed by atoms with E-state index in [1.807, 2.05) is 41.8 Å². The Bertz CT molecular complexity index is 903. The van der Waals surface area contributed by atoms with E-state index < -0.39 is 11.6 Å². The van der Waals surface area contributed by atoms with E-state index in [4.69, 9.17) is 4.74 Å². The van der Waals surface area contributed by atoms with Crippen LogP contribution in [0, 0.1) is 0 Å². The quantitative estimate of drug-likeness (QED) is 0.746. The Labute approximate surface area is 142 Å². The minimum atomic E-state index is -0.552. The molecule has 0 aliphatic rings. The highest BCUT2D eigenvalue weighted by Crippen LogP contribution is 2.22. The number of benzene rings is 1. The first-order chi connectivity index (χ1) is 11.7. The number of amides is 1. The summed E-state index contributed by atoms with van der Waals surface area (Å²) in [7, 11) is 1.58. The molecule has 2 aromatic heterocycles. The second kappa shape index (κ2) is 7.10. The van der Waals surface area contributed by atoms with Crippen molar-refractivity contribution in [3.63, 3.8) is 0 Å². The van der Waals surface area contributed by atoms with Crippen molar-refractivity contribution in [1.29, 1.82) is 0 Å². The number of para-hydroxylation sites is 1. The third-order valence-corrected chi connectivity index (χ3v) is 4.30. The normalized spacial score (nSPS) is 10.4. The lowest BCUT2D eigenvalue weighted by Crippen LogP contribution is -2.27. The van der Waals surface area contributed by atoms with E-state index in [1.54, 1.807) is 13.2 Å². The van der Waals surface area contributed by atoms with Gasteiger partial charge >= 0.3 is 5.69 Å². The third-order valence-electron chi connectivity index (χ3n) is 3.40. The molecule has 0 spiro atoms. The number of carbonyl (C=O) groups is 1. The summed E-state index contributed by atoms with van der Waals surface area (Å²) in [6, 6.07) is 12.7. The van der Waals surface area contributed by atoms with Crippen LogP contribution in [-0.2, 0) is 6.54 Å². The lowest BCUT2D eigenvalue weighted by molar-refractivity contribution is 0.0945. The van der Waals surface area contributed by atoms with Crippen LogP contribution in [0.4, 0.5) is 0 Å². The number of ether oxygens (including phenoxy) is 1. The fraction of sp³-hybridized carbons (Fsp3) is 0.118. The number of hydrogen-bond donors (Lipinski definition) is 2. The molecule has 6 nitrogen and oxygen atoms in total. The first kappa shape index (κ1) is 15.9. The van der Waals surface area contributed by atoms with Crippen LogP contribution in [0.25, 0.3) is 10.6 Å². The molecule has 1 aromatic carbocycles. The van der Waals surface area contributed by atoms with Crippen molar-refractivity contribution in [2.45, 2.75) is 6.54 Å². The molecule has 3 aromatic rings. The Morgan fingerprint density at radius 3 is 2.88 bits per heavy atom. The van der Waals surface area contributed by atoms with Gasteiger partial charge in [0.1, 0.15) is 11.4 Å². The molecular weight excluding hydrogens is 326 g/mol. The highest BCUT2D eigenvalue weighted by atomic mass is 32.1. The van der Waals surface area contributed by atoms with Gasteiger partial charge in [0, 0.05) is 12.1 Å². The van der Waals surface area contributed by atoms with Crippen molar-refractivity contribution >= 4 is 17.2 Å². The fourth-order valence-electron chi connectivity index (χ4n) is 2.25. The Balaban J connectivity index is 1.79. The number of nitrogens with zero attached hydrogens (tertiary/aromatic N) is 1. The number of carbonyl (C=O) groups excluding carboxylic acids is 1.